The van der Waals surface area contributed by atoms with Crippen LogP contribution in [0.3, 0.4) is 0 Å². The molecule has 1 fully saturated rings. The number of hydrogen-bond donors (Lipinski definition) is 2. The van der Waals surface area contributed by atoms with Crippen LogP contribution in [0.2, 0.25) is 0 Å². The number of carbonyl (C=O) groups is 1. The second-order valence-corrected chi connectivity index (χ2v) is 3.01. The quantitative estimate of drug-likeness (QED) is 0.630. The summed E-state index contributed by atoms with van der Waals surface area (Å²) in [7, 11) is 0. The Hall–Kier alpha value is -0.840. The molecule has 1 amide bonds. The van der Waals surface area contributed by atoms with Crippen LogP contribution in [-0.4, -0.2) is 31.5 Å². The number of carbonyl (C=O) groups excluding carboxylic acids is 1. The minimum absolute atomic E-state index is 0.218. The standard InChI is InChI=1S/C7H13FN2O2/c8-7(5-12-6(9)11)1-3-10-4-2-7/h10H,1-5H2,(H2,9,11). The molecule has 0 aromatic heterocycles. The van der Waals surface area contributed by atoms with Gasteiger partial charge in [-0.05, 0) is 25.9 Å². The minimum atomic E-state index is -1.37. The van der Waals surface area contributed by atoms with Gasteiger partial charge in [-0.3, -0.25) is 0 Å². The Morgan fingerprint density at radius 2 is 2.17 bits per heavy atom. The molecule has 1 aliphatic heterocycles. The Bertz CT molecular complexity index is 169. The van der Waals surface area contributed by atoms with Crippen LogP contribution in [0, 0.1) is 0 Å². The van der Waals surface area contributed by atoms with E-state index < -0.39 is 11.8 Å². The van der Waals surface area contributed by atoms with E-state index in [0.717, 1.165) is 0 Å². The maximum absolute atomic E-state index is 13.6. The maximum Gasteiger partial charge on any atom is 0.404 e. The molecule has 0 spiro atoms. The fraction of sp³-hybridized carbons (Fsp3) is 0.857. The van der Waals surface area contributed by atoms with Gasteiger partial charge in [-0.25, -0.2) is 9.18 Å². The zero-order chi connectivity index (χ0) is 9.03. The number of nitrogens with one attached hydrogen (secondary N) is 1. The van der Waals surface area contributed by atoms with Crippen LogP contribution in [0.5, 0.6) is 0 Å². The van der Waals surface area contributed by atoms with Crippen molar-refractivity contribution in [2.45, 2.75) is 18.5 Å². The highest BCUT2D eigenvalue weighted by molar-refractivity contribution is 5.64. The van der Waals surface area contributed by atoms with E-state index in [0.29, 0.717) is 25.9 Å². The summed E-state index contributed by atoms with van der Waals surface area (Å²) in [5.41, 5.74) is 3.35. The molecule has 4 nitrogen and oxygen atoms in total. The molecule has 0 saturated carbocycles. The molecule has 70 valence electrons. The van der Waals surface area contributed by atoms with Crippen LogP contribution in [0.4, 0.5) is 9.18 Å². The van der Waals surface area contributed by atoms with E-state index in [4.69, 9.17) is 5.73 Å². The molecule has 0 aromatic rings. The van der Waals surface area contributed by atoms with Crippen molar-refractivity contribution in [2.75, 3.05) is 19.7 Å². The fourth-order valence-corrected chi connectivity index (χ4v) is 1.22. The van der Waals surface area contributed by atoms with Gasteiger partial charge in [0.2, 0.25) is 0 Å². The first-order chi connectivity index (χ1) is 5.62. The lowest BCUT2D eigenvalue weighted by molar-refractivity contribution is 0.0300. The van der Waals surface area contributed by atoms with Gasteiger partial charge in [0.1, 0.15) is 12.3 Å². The normalized spacial score (nSPS) is 21.8. The van der Waals surface area contributed by atoms with Gasteiger partial charge in [0, 0.05) is 0 Å². The van der Waals surface area contributed by atoms with Crippen LogP contribution >= 0.6 is 0 Å². The molecule has 1 heterocycles. The van der Waals surface area contributed by atoms with Gasteiger partial charge in [0.25, 0.3) is 0 Å². The average Bonchev–Trinajstić information content (AvgIpc) is 2.03. The Kier molecular flexibility index (Phi) is 2.86. The molecule has 0 unspecified atom stereocenters. The van der Waals surface area contributed by atoms with Crippen molar-refractivity contribution in [3.05, 3.63) is 0 Å². The summed E-state index contributed by atoms with van der Waals surface area (Å²) in [6.45, 7) is 1.03. The van der Waals surface area contributed by atoms with Gasteiger partial charge < -0.3 is 15.8 Å². The largest absolute Gasteiger partial charge is 0.446 e. The lowest BCUT2D eigenvalue weighted by Crippen LogP contribution is -2.42. The van der Waals surface area contributed by atoms with Gasteiger partial charge >= 0.3 is 6.09 Å². The number of nitrogens with two attached hydrogens (primary N) is 1. The predicted molar refractivity (Wildman–Crippen MR) is 41.5 cm³/mol. The average molecular weight is 176 g/mol. The Labute approximate surface area is 70.3 Å². The Balaban J connectivity index is 2.31. The third kappa shape index (κ3) is 2.65. The molecule has 12 heavy (non-hydrogen) atoms. The number of alkyl halides is 1. The second kappa shape index (κ2) is 3.71. The van der Waals surface area contributed by atoms with Crippen molar-refractivity contribution in [2.24, 2.45) is 5.73 Å². The molecule has 0 bridgehead atoms. The molecule has 1 rings (SSSR count). The number of ether oxygens (including phenoxy) is 1. The fourth-order valence-electron chi connectivity index (χ4n) is 1.22. The van der Waals surface area contributed by atoms with Gasteiger partial charge in [-0.1, -0.05) is 0 Å². The number of primary amides is 1. The molecule has 0 aromatic carbocycles. The van der Waals surface area contributed by atoms with Crippen LogP contribution in [0.1, 0.15) is 12.8 Å². The van der Waals surface area contributed by atoms with Crippen molar-refractivity contribution < 1.29 is 13.9 Å². The first-order valence-corrected chi connectivity index (χ1v) is 3.94. The van der Waals surface area contributed by atoms with Crippen LogP contribution < -0.4 is 11.1 Å². The Morgan fingerprint density at radius 1 is 1.58 bits per heavy atom. The summed E-state index contributed by atoms with van der Waals surface area (Å²) in [6.07, 6.45) is -0.161. The molecule has 3 N–H and O–H groups in total. The van der Waals surface area contributed by atoms with E-state index in [1.807, 2.05) is 0 Å². The van der Waals surface area contributed by atoms with Crippen molar-refractivity contribution >= 4 is 6.09 Å². The SMILES string of the molecule is NC(=O)OCC1(F)CCNCC1. The first-order valence-electron chi connectivity index (χ1n) is 3.94. The first kappa shape index (κ1) is 9.25. The van der Waals surface area contributed by atoms with E-state index in [9.17, 15) is 9.18 Å². The summed E-state index contributed by atoms with van der Waals surface area (Å²) in [6, 6.07) is 0. The van der Waals surface area contributed by atoms with E-state index >= 15 is 0 Å². The number of rotatable bonds is 2. The van der Waals surface area contributed by atoms with Gasteiger partial charge in [0.15, 0.2) is 0 Å². The molecule has 5 heteroatoms. The summed E-state index contributed by atoms with van der Waals surface area (Å²) >= 11 is 0. The smallest absolute Gasteiger partial charge is 0.404 e. The minimum Gasteiger partial charge on any atom is -0.446 e. The highest BCUT2D eigenvalue weighted by Crippen LogP contribution is 2.23. The maximum atomic E-state index is 13.6. The van der Waals surface area contributed by atoms with Crippen LogP contribution in [0.15, 0.2) is 0 Å². The number of hydrogen-bond acceptors (Lipinski definition) is 3. The molecular weight excluding hydrogens is 163 g/mol. The van der Waals surface area contributed by atoms with E-state index in [2.05, 4.69) is 10.1 Å². The monoisotopic (exact) mass is 176 g/mol. The molecule has 0 aliphatic carbocycles. The van der Waals surface area contributed by atoms with E-state index in [-0.39, 0.29) is 6.61 Å². The highest BCUT2D eigenvalue weighted by Gasteiger charge is 2.32. The van der Waals surface area contributed by atoms with Gasteiger partial charge in [-0.2, -0.15) is 0 Å². The lowest BCUT2D eigenvalue weighted by atomic mass is 9.96. The summed E-state index contributed by atoms with van der Waals surface area (Å²) in [4.78, 5) is 10.2. The topological polar surface area (TPSA) is 64.4 Å². The van der Waals surface area contributed by atoms with E-state index in [1.54, 1.807) is 0 Å². The van der Waals surface area contributed by atoms with Crippen LogP contribution in [0.25, 0.3) is 0 Å². The number of halogens is 1. The third-order valence-corrected chi connectivity index (χ3v) is 1.97. The number of piperidine rings is 1. The third-order valence-electron chi connectivity index (χ3n) is 1.97. The zero-order valence-electron chi connectivity index (χ0n) is 6.81. The summed E-state index contributed by atoms with van der Waals surface area (Å²) in [5.74, 6) is 0. The molecule has 1 saturated heterocycles. The molecule has 0 atom stereocenters. The summed E-state index contributed by atoms with van der Waals surface area (Å²) < 4.78 is 18.0. The van der Waals surface area contributed by atoms with Crippen molar-refractivity contribution in [3.63, 3.8) is 0 Å². The Morgan fingerprint density at radius 3 is 2.67 bits per heavy atom. The zero-order valence-corrected chi connectivity index (χ0v) is 6.81. The molecular formula is C7H13FN2O2. The number of amides is 1. The predicted octanol–water partition coefficient (Wildman–Crippen LogP) is 0.173. The second-order valence-electron chi connectivity index (χ2n) is 3.01. The molecule has 1 aliphatic rings. The van der Waals surface area contributed by atoms with Crippen LogP contribution in [-0.2, 0) is 4.74 Å². The van der Waals surface area contributed by atoms with Gasteiger partial charge in [-0.15, -0.1) is 0 Å². The van der Waals surface area contributed by atoms with Gasteiger partial charge in [0.05, 0.1) is 0 Å². The van der Waals surface area contributed by atoms with Crippen molar-refractivity contribution in [3.8, 4) is 0 Å². The van der Waals surface area contributed by atoms with Crippen molar-refractivity contribution in [1.29, 1.82) is 0 Å². The molecule has 0 radical (unpaired) electrons. The van der Waals surface area contributed by atoms with Crippen molar-refractivity contribution in [1.82, 2.24) is 5.32 Å². The summed E-state index contributed by atoms with van der Waals surface area (Å²) in [5, 5.41) is 3.02. The van der Waals surface area contributed by atoms with E-state index in [1.165, 1.54) is 0 Å². The lowest BCUT2D eigenvalue weighted by Gasteiger charge is -2.28. The highest BCUT2D eigenvalue weighted by atomic mass is 19.1.